The third-order valence-corrected chi connectivity index (χ3v) is 0.185. The Morgan fingerprint density at radius 2 is 1.80 bits per heavy atom. The molecule has 0 saturated heterocycles. The molecule has 0 aliphatic carbocycles. The van der Waals surface area contributed by atoms with Crippen molar-refractivity contribution < 1.29 is 19.0 Å². The highest BCUT2D eigenvalue weighted by Crippen LogP contribution is 2.23. The topological polar surface area (TPSA) is 49.7 Å². The zero-order valence-electron chi connectivity index (χ0n) is 2.13. The Labute approximate surface area is 28.9 Å². The van der Waals surface area contributed by atoms with E-state index in [0.29, 0.717) is 0 Å². The number of halogens is 1. The molecule has 0 rings (SSSR count). The Hall–Kier alpha value is 0.240. The van der Waals surface area contributed by atoms with Crippen molar-refractivity contribution in [3.8, 4) is 0 Å². The lowest BCUT2D eigenvalue weighted by Crippen LogP contribution is -1.61. The van der Waals surface area contributed by atoms with Gasteiger partial charge in [-0.2, -0.15) is 0 Å². The second-order valence-corrected chi connectivity index (χ2v) is 0.965. The van der Waals surface area contributed by atoms with Gasteiger partial charge >= 0.3 is 8.60 Å². The molecule has 32 valence electrons. The summed E-state index contributed by atoms with van der Waals surface area (Å²) in [6.07, 6.45) is 0. The summed E-state index contributed by atoms with van der Waals surface area (Å²) in [6.45, 7) is 0. The Balaban J connectivity index is 2.54. The standard InChI is InChI=1S/FH2O3P/c1-4-5(2)3/h2-3H. The van der Waals surface area contributed by atoms with E-state index in [2.05, 4.69) is 4.73 Å². The summed E-state index contributed by atoms with van der Waals surface area (Å²) in [6, 6.07) is 0. The Morgan fingerprint density at radius 1 is 1.60 bits per heavy atom. The zero-order valence-corrected chi connectivity index (χ0v) is 3.02. The Bertz CT molecular complexity index is 20.9. The van der Waals surface area contributed by atoms with Gasteiger partial charge in [-0.1, -0.05) is 0 Å². The van der Waals surface area contributed by atoms with Crippen LogP contribution in [0.4, 0.5) is 4.53 Å². The van der Waals surface area contributed by atoms with Crippen LogP contribution in [-0.2, 0) is 4.73 Å². The molecule has 0 aliphatic rings. The second kappa shape index (κ2) is 2.48. The fourth-order valence-electron chi connectivity index (χ4n) is 0. The number of hydrogen-bond donors (Lipinski definition) is 2. The van der Waals surface area contributed by atoms with E-state index < -0.39 is 8.60 Å². The maximum atomic E-state index is 10.1. The molecule has 0 atom stereocenters. The van der Waals surface area contributed by atoms with Crippen molar-refractivity contribution in [2.24, 2.45) is 0 Å². The van der Waals surface area contributed by atoms with E-state index in [4.69, 9.17) is 9.79 Å². The lowest BCUT2D eigenvalue weighted by atomic mass is 15.6. The van der Waals surface area contributed by atoms with E-state index in [1.54, 1.807) is 0 Å². The van der Waals surface area contributed by atoms with E-state index in [1.165, 1.54) is 0 Å². The normalized spacial score (nSPS) is 9.60. The highest BCUT2D eigenvalue weighted by atomic mass is 31.2. The highest BCUT2D eigenvalue weighted by molar-refractivity contribution is 7.39. The van der Waals surface area contributed by atoms with Crippen molar-refractivity contribution >= 4 is 8.60 Å². The number of hydrogen-bond acceptors (Lipinski definition) is 3. The highest BCUT2D eigenvalue weighted by Gasteiger charge is 1.92. The van der Waals surface area contributed by atoms with Gasteiger partial charge < -0.3 is 9.79 Å². The lowest BCUT2D eigenvalue weighted by molar-refractivity contribution is -0.0199. The third-order valence-electron chi connectivity index (χ3n) is 0.0617. The molecule has 0 aromatic carbocycles. The monoisotopic (exact) mass is 100.0 g/mol. The van der Waals surface area contributed by atoms with Crippen molar-refractivity contribution in [3.05, 3.63) is 0 Å². The summed E-state index contributed by atoms with van der Waals surface area (Å²) < 4.78 is 12.6. The largest absolute Gasteiger partial charge is 0.363 e. The van der Waals surface area contributed by atoms with E-state index in [1.807, 2.05) is 0 Å². The molecule has 0 aromatic rings. The molecule has 2 N–H and O–H groups in total. The molecule has 0 saturated carbocycles. The first-order valence-corrected chi connectivity index (χ1v) is 1.90. The molecule has 0 aliphatic heterocycles. The first kappa shape index (κ1) is 5.24. The van der Waals surface area contributed by atoms with Crippen LogP contribution < -0.4 is 0 Å². The fourth-order valence-corrected chi connectivity index (χ4v) is 0. The molecule has 0 amide bonds. The molecule has 0 radical (unpaired) electrons. The minimum atomic E-state index is -2.76. The van der Waals surface area contributed by atoms with Crippen molar-refractivity contribution in [1.82, 2.24) is 0 Å². The average Bonchev–Trinajstić information content (AvgIpc) is 1.38. The summed E-state index contributed by atoms with van der Waals surface area (Å²) in [5, 5.41) is 0. The van der Waals surface area contributed by atoms with Gasteiger partial charge in [0.15, 0.2) is 0 Å². The summed E-state index contributed by atoms with van der Waals surface area (Å²) in [7, 11) is -2.76. The van der Waals surface area contributed by atoms with Crippen molar-refractivity contribution in [2.45, 2.75) is 0 Å². The van der Waals surface area contributed by atoms with Crippen LogP contribution in [0.3, 0.4) is 0 Å². The van der Waals surface area contributed by atoms with Gasteiger partial charge in [-0.25, -0.2) is 0 Å². The predicted octanol–water partition coefficient (Wildman–Crippen LogP) is 0.0990. The first-order chi connectivity index (χ1) is 2.27. The molecule has 0 aromatic heterocycles. The van der Waals surface area contributed by atoms with E-state index in [0.717, 1.165) is 0 Å². The van der Waals surface area contributed by atoms with Crippen LogP contribution >= 0.6 is 8.60 Å². The van der Waals surface area contributed by atoms with E-state index in [9.17, 15) is 4.53 Å². The molecule has 5 heavy (non-hydrogen) atoms. The summed E-state index contributed by atoms with van der Waals surface area (Å²) in [5.41, 5.74) is 0. The Morgan fingerprint density at radius 3 is 1.80 bits per heavy atom. The van der Waals surface area contributed by atoms with Crippen LogP contribution in [0, 0.1) is 0 Å². The summed E-state index contributed by atoms with van der Waals surface area (Å²) >= 11 is 0. The lowest BCUT2D eigenvalue weighted by Gasteiger charge is -1.83. The predicted molar refractivity (Wildman–Crippen MR) is 13.6 cm³/mol. The van der Waals surface area contributed by atoms with Gasteiger partial charge in [-0.3, -0.25) is 0 Å². The van der Waals surface area contributed by atoms with Crippen LogP contribution in [-0.4, -0.2) is 9.79 Å². The Kier molecular flexibility index (Phi) is 2.59. The molecular weight excluding hydrogens is 98.0 g/mol. The number of rotatable bonds is 1. The van der Waals surface area contributed by atoms with E-state index in [-0.39, 0.29) is 0 Å². The minimum absolute atomic E-state index is 2.43. The summed E-state index contributed by atoms with van der Waals surface area (Å²) in [4.78, 5) is 14.8. The molecule has 0 fully saturated rings. The molecule has 0 heterocycles. The van der Waals surface area contributed by atoms with Crippen LogP contribution in [0.2, 0.25) is 0 Å². The van der Waals surface area contributed by atoms with Gasteiger partial charge in [0.25, 0.3) is 0 Å². The summed E-state index contributed by atoms with van der Waals surface area (Å²) in [5.74, 6) is 0. The van der Waals surface area contributed by atoms with Gasteiger partial charge in [-0.15, -0.1) is 4.73 Å². The minimum Gasteiger partial charge on any atom is -0.326 e. The third kappa shape index (κ3) is 4.24. The second-order valence-electron chi connectivity index (χ2n) is 0.322. The average molecular weight is 100.0 g/mol. The maximum absolute atomic E-state index is 10.1. The quantitative estimate of drug-likeness (QED) is 0.459. The molecular formula is H2FO3P. The maximum Gasteiger partial charge on any atom is 0.363 e. The SMILES string of the molecule is OP(O)OF. The van der Waals surface area contributed by atoms with Gasteiger partial charge in [0.1, 0.15) is 0 Å². The molecule has 0 bridgehead atoms. The van der Waals surface area contributed by atoms with Crippen LogP contribution in [0.25, 0.3) is 0 Å². The van der Waals surface area contributed by atoms with Crippen molar-refractivity contribution in [2.75, 3.05) is 0 Å². The van der Waals surface area contributed by atoms with E-state index >= 15 is 0 Å². The molecule has 5 heteroatoms. The van der Waals surface area contributed by atoms with Crippen LogP contribution in [0.1, 0.15) is 0 Å². The first-order valence-electron chi connectivity index (χ1n) is 0.737. The van der Waals surface area contributed by atoms with Crippen molar-refractivity contribution in [3.63, 3.8) is 0 Å². The van der Waals surface area contributed by atoms with Gasteiger partial charge in [0.05, 0.1) is 0 Å². The zero-order chi connectivity index (χ0) is 4.28. The smallest absolute Gasteiger partial charge is 0.326 e. The fraction of sp³-hybridized carbons (Fsp3) is 0. The van der Waals surface area contributed by atoms with Crippen LogP contribution in [0.5, 0.6) is 0 Å². The molecule has 3 nitrogen and oxygen atoms in total. The van der Waals surface area contributed by atoms with Gasteiger partial charge in [0.2, 0.25) is 0 Å². The van der Waals surface area contributed by atoms with Crippen LogP contribution in [0.15, 0.2) is 0 Å². The van der Waals surface area contributed by atoms with Gasteiger partial charge in [0, 0.05) is 0 Å². The van der Waals surface area contributed by atoms with Crippen molar-refractivity contribution in [1.29, 1.82) is 0 Å². The molecule has 0 unspecified atom stereocenters. The molecule has 0 spiro atoms. The van der Waals surface area contributed by atoms with Gasteiger partial charge in [-0.05, 0) is 4.53 Å².